The number of carbonyl (C=O) groups excluding carboxylic acids is 1. The third-order valence-corrected chi connectivity index (χ3v) is 6.27. The van der Waals surface area contributed by atoms with Gasteiger partial charge in [-0.1, -0.05) is 73.0 Å². The second kappa shape index (κ2) is 9.98. The van der Waals surface area contributed by atoms with Crippen molar-refractivity contribution in [1.29, 1.82) is 0 Å². The van der Waals surface area contributed by atoms with Gasteiger partial charge in [0.05, 0.1) is 11.2 Å². The average molecular weight is 448 g/mol. The van der Waals surface area contributed by atoms with E-state index >= 15 is 0 Å². The lowest BCUT2D eigenvalue weighted by atomic mass is 9.84. The zero-order valence-corrected chi connectivity index (χ0v) is 18.4. The summed E-state index contributed by atoms with van der Waals surface area (Å²) in [6, 6.07) is 16.7. The molecule has 0 saturated heterocycles. The molecule has 0 spiro atoms. The van der Waals surface area contributed by atoms with Crippen molar-refractivity contribution in [2.45, 2.75) is 31.7 Å². The highest BCUT2D eigenvalue weighted by Gasteiger charge is 2.19. The maximum atomic E-state index is 12.3. The van der Waals surface area contributed by atoms with Gasteiger partial charge in [-0.25, -0.2) is 5.43 Å². The van der Waals surface area contributed by atoms with E-state index in [9.17, 15) is 9.90 Å². The van der Waals surface area contributed by atoms with Gasteiger partial charge >= 0.3 is 0 Å². The fourth-order valence-electron chi connectivity index (χ4n) is 4.13. The summed E-state index contributed by atoms with van der Waals surface area (Å²) in [4.78, 5) is 12.3. The number of nitrogens with one attached hydrogen (secondary N) is 1. The van der Waals surface area contributed by atoms with E-state index in [0.29, 0.717) is 11.5 Å². The Kier molecular flexibility index (Phi) is 6.88. The van der Waals surface area contributed by atoms with Gasteiger partial charge in [0, 0.05) is 17.2 Å². The molecule has 0 aromatic heterocycles. The molecule has 1 saturated carbocycles. The molecule has 1 aliphatic carbocycles. The predicted molar refractivity (Wildman–Crippen MR) is 131 cm³/mol. The Labute approximate surface area is 192 Å². The molecule has 1 aliphatic rings. The molecule has 6 heteroatoms. The van der Waals surface area contributed by atoms with E-state index in [-0.39, 0.29) is 16.8 Å². The molecule has 2 atom stereocenters. The number of phenols is 1. The molecule has 2 unspecified atom stereocenters. The van der Waals surface area contributed by atoms with Crippen LogP contribution < -0.4 is 11.2 Å². The highest BCUT2D eigenvalue weighted by Crippen LogP contribution is 2.27. The minimum atomic E-state index is -0.407. The van der Waals surface area contributed by atoms with Gasteiger partial charge in [-0.3, -0.25) is 4.79 Å². The number of benzene rings is 3. The van der Waals surface area contributed by atoms with Gasteiger partial charge in [-0.05, 0) is 53.3 Å². The van der Waals surface area contributed by atoms with Gasteiger partial charge in [-0.2, -0.15) is 5.10 Å². The Hall–Kier alpha value is -3.15. The van der Waals surface area contributed by atoms with Crippen molar-refractivity contribution >= 4 is 40.6 Å². The van der Waals surface area contributed by atoms with Gasteiger partial charge in [-0.15, -0.1) is 0 Å². The van der Waals surface area contributed by atoms with Crippen molar-refractivity contribution in [3.63, 3.8) is 0 Å². The predicted octanol–water partition coefficient (Wildman–Crippen LogP) is 5.49. The summed E-state index contributed by atoms with van der Waals surface area (Å²) in [5, 5.41) is 15.9. The molecule has 164 valence electrons. The normalized spacial score (nSPS) is 19.1. The molecule has 0 radical (unpaired) electrons. The number of carbonyl (C=O) groups is 1. The van der Waals surface area contributed by atoms with Crippen LogP contribution in [0, 0.1) is 5.92 Å². The molecule has 5 nitrogen and oxygen atoms in total. The Morgan fingerprint density at radius 3 is 2.53 bits per heavy atom. The largest absolute Gasteiger partial charge is 0.506 e. The first-order valence-corrected chi connectivity index (χ1v) is 11.2. The second-order valence-electron chi connectivity index (χ2n) is 8.13. The van der Waals surface area contributed by atoms with E-state index in [1.807, 2.05) is 24.3 Å². The third-order valence-electron chi connectivity index (χ3n) is 5.97. The van der Waals surface area contributed by atoms with Crippen LogP contribution in [0.1, 0.15) is 47.2 Å². The quantitative estimate of drug-likeness (QED) is 0.356. The van der Waals surface area contributed by atoms with E-state index in [1.54, 1.807) is 6.21 Å². The number of hydrazone groups is 1. The molecule has 4 N–H and O–H groups in total. The van der Waals surface area contributed by atoms with Gasteiger partial charge in [0.15, 0.2) is 0 Å². The number of amides is 1. The van der Waals surface area contributed by atoms with Crippen molar-refractivity contribution < 1.29 is 9.90 Å². The highest BCUT2D eigenvalue weighted by atomic mass is 35.5. The van der Waals surface area contributed by atoms with E-state index in [1.165, 1.54) is 31.0 Å². The van der Waals surface area contributed by atoms with Crippen LogP contribution in [0.15, 0.2) is 65.8 Å². The van der Waals surface area contributed by atoms with Gasteiger partial charge in [0.25, 0.3) is 5.91 Å². The molecular weight excluding hydrogens is 422 g/mol. The van der Waals surface area contributed by atoms with Crippen molar-refractivity contribution in [3.8, 4) is 5.75 Å². The lowest BCUT2D eigenvalue weighted by Crippen LogP contribution is -2.31. The SMILES string of the molecule is NC1CCCCC1C=Cc1ccc(C=NNC(=O)c2ccc(O)c(Cl)c2)c2ccccc12. The molecule has 0 heterocycles. The highest BCUT2D eigenvalue weighted by molar-refractivity contribution is 6.32. The number of nitrogens with two attached hydrogens (primary N) is 1. The minimum absolute atomic E-state index is 0.0715. The van der Waals surface area contributed by atoms with Crippen LogP contribution in [0.3, 0.4) is 0 Å². The van der Waals surface area contributed by atoms with E-state index < -0.39 is 5.91 Å². The summed E-state index contributed by atoms with van der Waals surface area (Å²) in [6.07, 6.45) is 10.8. The van der Waals surface area contributed by atoms with Crippen LogP contribution in [0.2, 0.25) is 5.02 Å². The van der Waals surface area contributed by atoms with Crippen LogP contribution in [-0.2, 0) is 0 Å². The number of hydrogen-bond acceptors (Lipinski definition) is 4. The summed E-state index contributed by atoms with van der Waals surface area (Å²) in [7, 11) is 0. The van der Waals surface area contributed by atoms with Crippen molar-refractivity contribution in [3.05, 3.63) is 82.4 Å². The number of phenolic OH excluding ortho intramolecular Hbond substituents is 1. The van der Waals surface area contributed by atoms with Crippen LogP contribution in [-0.4, -0.2) is 23.3 Å². The van der Waals surface area contributed by atoms with E-state index in [4.69, 9.17) is 17.3 Å². The molecule has 1 fully saturated rings. The number of nitrogens with zero attached hydrogens (tertiary/aromatic N) is 1. The van der Waals surface area contributed by atoms with E-state index in [2.05, 4.69) is 34.8 Å². The molecule has 3 aromatic carbocycles. The zero-order valence-electron chi connectivity index (χ0n) is 17.7. The van der Waals surface area contributed by atoms with Gasteiger partial charge < -0.3 is 10.8 Å². The maximum Gasteiger partial charge on any atom is 0.271 e. The molecular formula is C26H26ClN3O2. The Morgan fingerprint density at radius 2 is 1.78 bits per heavy atom. The van der Waals surface area contributed by atoms with E-state index in [0.717, 1.165) is 34.7 Å². The van der Waals surface area contributed by atoms with Crippen LogP contribution >= 0.6 is 11.6 Å². The van der Waals surface area contributed by atoms with Crippen molar-refractivity contribution in [2.75, 3.05) is 0 Å². The van der Waals surface area contributed by atoms with Gasteiger partial charge in [0.1, 0.15) is 5.75 Å². The Bertz CT molecular complexity index is 1190. The number of rotatable bonds is 5. The number of halogens is 1. The first-order valence-electron chi connectivity index (χ1n) is 10.8. The first kappa shape index (κ1) is 22.1. The van der Waals surface area contributed by atoms with Crippen LogP contribution in [0.4, 0.5) is 0 Å². The average Bonchev–Trinajstić information content (AvgIpc) is 2.81. The monoisotopic (exact) mass is 447 g/mol. The smallest absolute Gasteiger partial charge is 0.271 e. The summed E-state index contributed by atoms with van der Waals surface area (Å²) in [5.41, 5.74) is 11.2. The Morgan fingerprint density at radius 1 is 1.06 bits per heavy atom. The lowest BCUT2D eigenvalue weighted by Gasteiger charge is -2.25. The molecule has 3 aromatic rings. The molecule has 1 amide bonds. The zero-order chi connectivity index (χ0) is 22.5. The van der Waals surface area contributed by atoms with Gasteiger partial charge in [0.2, 0.25) is 0 Å². The fraction of sp³-hybridized carbons (Fsp3) is 0.231. The maximum absolute atomic E-state index is 12.3. The standard InChI is InChI=1S/C26H26ClN3O2/c27-23-15-19(13-14-25(23)31)26(32)30-29-16-20-12-10-17(21-6-2-3-7-22(20)21)9-11-18-5-1-4-8-24(18)28/h2-3,6-7,9-16,18,24,31H,1,4-5,8,28H2,(H,30,32). The molecule has 32 heavy (non-hydrogen) atoms. The topological polar surface area (TPSA) is 87.7 Å². The third kappa shape index (κ3) is 5.01. The van der Waals surface area contributed by atoms with Crippen LogP contribution in [0.25, 0.3) is 16.8 Å². The second-order valence-corrected chi connectivity index (χ2v) is 8.53. The summed E-state index contributed by atoms with van der Waals surface area (Å²) < 4.78 is 0. The molecule has 0 aliphatic heterocycles. The Balaban J connectivity index is 1.53. The number of aromatic hydroxyl groups is 1. The summed E-state index contributed by atoms with van der Waals surface area (Å²) in [6.45, 7) is 0. The van der Waals surface area contributed by atoms with Crippen molar-refractivity contribution in [2.24, 2.45) is 16.8 Å². The number of hydrogen-bond donors (Lipinski definition) is 3. The van der Waals surface area contributed by atoms with Crippen molar-refractivity contribution in [1.82, 2.24) is 5.43 Å². The fourth-order valence-corrected chi connectivity index (χ4v) is 4.31. The first-order chi connectivity index (χ1) is 15.5. The molecule has 0 bridgehead atoms. The summed E-state index contributed by atoms with van der Waals surface area (Å²) >= 11 is 5.87. The number of fused-ring (bicyclic) bond motifs is 1. The minimum Gasteiger partial charge on any atom is -0.506 e. The lowest BCUT2D eigenvalue weighted by molar-refractivity contribution is 0.0955. The molecule has 4 rings (SSSR count). The van der Waals surface area contributed by atoms with Crippen LogP contribution in [0.5, 0.6) is 5.75 Å². The summed E-state index contributed by atoms with van der Waals surface area (Å²) in [5.74, 6) is -0.0546.